The summed E-state index contributed by atoms with van der Waals surface area (Å²) in [5.74, 6) is -0.0462. The van der Waals surface area contributed by atoms with Crippen molar-refractivity contribution in [3.63, 3.8) is 0 Å². The molecule has 2 atom stereocenters. The monoisotopic (exact) mass is 404 g/mol. The predicted molar refractivity (Wildman–Crippen MR) is 101 cm³/mol. The number of ether oxygens (including phenoxy) is 1. The Kier molecular flexibility index (Phi) is 6.23. The minimum atomic E-state index is -4.76. The summed E-state index contributed by atoms with van der Waals surface area (Å²) in [6.45, 7) is 1.69. The lowest BCUT2D eigenvalue weighted by molar-refractivity contribution is -0.274. The highest BCUT2D eigenvalue weighted by Gasteiger charge is 2.31. The quantitative estimate of drug-likeness (QED) is 0.589. The Morgan fingerprint density at radius 2 is 1.69 bits per heavy atom. The van der Waals surface area contributed by atoms with Gasteiger partial charge in [-0.1, -0.05) is 30.3 Å². The van der Waals surface area contributed by atoms with Gasteiger partial charge in [0.15, 0.2) is 0 Å². The summed E-state index contributed by atoms with van der Waals surface area (Å²) in [6.07, 6.45) is -3.20. The van der Waals surface area contributed by atoms with E-state index < -0.39 is 12.4 Å². The van der Waals surface area contributed by atoms with Gasteiger partial charge >= 0.3 is 6.36 Å². The average molecular weight is 404 g/mol. The van der Waals surface area contributed by atoms with Gasteiger partial charge in [-0.15, -0.1) is 13.2 Å². The number of halogens is 3. The standard InChI is InChI=1S/C21H19F3N2O3/c1-14(20(27)26-16-9-11-17(12-10-16)29-21(22,23)24)25-19(18-8-5-13-28-18)15-6-3-2-4-7-15/h2-14,19,25H,1H3,(H,26,27)/t14-,19-/m0/s1. The summed E-state index contributed by atoms with van der Waals surface area (Å²) < 4.78 is 46.0. The summed E-state index contributed by atoms with van der Waals surface area (Å²) in [6, 6.07) is 17.1. The summed E-state index contributed by atoms with van der Waals surface area (Å²) in [5, 5.41) is 5.88. The van der Waals surface area contributed by atoms with Crippen LogP contribution in [0.3, 0.4) is 0 Å². The van der Waals surface area contributed by atoms with Crippen LogP contribution in [-0.4, -0.2) is 18.3 Å². The number of hydrogen-bond donors (Lipinski definition) is 2. The molecule has 8 heteroatoms. The Labute approximate surface area is 165 Å². The van der Waals surface area contributed by atoms with E-state index in [0.717, 1.165) is 17.7 Å². The van der Waals surface area contributed by atoms with Crippen LogP contribution in [0.25, 0.3) is 0 Å². The molecular formula is C21H19F3N2O3. The zero-order valence-electron chi connectivity index (χ0n) is 15.4. The second-order valence-electron chi connectivity index (χ2n) is 6.31. The van der Waals surface area contributed by atoms with Crippen molar-refractivity contribution in [3.8, 4) is 5.75 Å². The first-order valence-electron chi connectivity index (χ1n) is 8.83. The molecule has 0 aliphatic carbocycles. The van der Waals surface area contributed by atoms with Crippen molar-refractivity contribution >= 4 is 11.6 Å². The molecule has 29 heavy (non-hydrogen) atoms. The fourth-order valence-electron chi connectivity index (χ4n) is 2.76. The van der Waals surface area contributed by atoms with E-state index in [4.69, 9.17) is 4.42 Å². The molecular weight excluding hydrogens is 385 g/mol. The number of anilines is 1. The molecule has 0 saturated heterocycles. The number of carbonyl (C=O) groups is 1. The maximum absolute atomic E-state index is 12.5. The fraction of sp³-hybridized carbons (Fsp3) is 0.190. The number of amides is 1. The Hall–Kier alpha value is -3.26. The Morgan fingerprint density at radius 3 is 2.28 bits per heavy atom. The van der Waals surface area contributed by atoms with E-state index in [2.05, 4.69) is 15.4 Å². The molecule has 152 valence electrons. The molecule has 0 fully saturated rings. The lowest BCUT2D eigenvalue weighted by atomic mass is 10.0. The molecule has 1 amide bonds. The molecule has 0 aliphatic heterocycles. The van der Waals surface area contributed by atoms with Crippen molar-refractivity contribution < 1.29 is 27.1 Å². The zero-order chi connectivity index (χ0) is 20.9. The van der Waals surface area contributed by atoms with Crippen molar-refractivity contribution in [1.82, 2.24) is 5.32 Å². The molecule has 0 bridgehead atoms. The van der Waals surface area contributed by atoms with Crippen molar-refractivity contribution in [2.75, 3.05) is 5.32 Å². The molecule has 5 nitrogen and oxygen atoms in total. The maximum atomic E-state index is 12.5. The van der Waals surface area contributed by atoms with Gasteiger partial charge in [0.2, 0.25) is 5.91 Å². The van der Waals surface area contributed by atoms with Gasteiger partial charge in [0, 0.05) is 5.69 Å². The summed E-state index contributed by atoms with van der Waals surface area (Å²) in [7, 11) is 0. The molecule has 3 aromatic rings. The molecule has 0 radical (unpaired) electrons. The van der Waals surface area contributed by atoms with Crippen LogP contribution in [0.5, 0.6) is 5.75 Å². The van der Waals surface area contributed by atoms with Gasteiger partial charge < -0.3 is 14.5 Å². The molecule has 0 unspecified atom stereocenters. The molecule has 2 N–H and O–H groups in total. The summed E-state index contributed by atoms with van der Waals surface area (Å²) in [4.78, 5) is 12.5. The van der Waals surface area contributed by atoms with E-state index in [1.165, 1.54) is 12.1 Å². The van der Waals surface area contributed by atoms with Crippen LogP contribution < -0.4 is 15.4 Å². The first-order valence-corrected chi connectivity index (χ1v) is 8.83. The van der Waals surface area contributed by atoms with E-state index >= 15 is 0 Å². The van der Waals surface area contributed by atoms with E-state index in [1.807, 2.05) is 36.4 Å². The average Bonchev–Trinajstić information content (AvgIpc) is 3.21. The van der Waals surface area contributed by atoms with Crippen LogP contribution in [0.1, 0.15) is 24.3 Å². The highest BCUT2D eigenvalue weighted by atomic mass is 19.4. The molecule has 2 aromatic carbocycles. The fourth-order valence-corrected chi connectivity index (χ4v) is 2.76. The number of hydrogen-bond acceptors (Lipinski definition) is 4. The first kappa shape index (κ1) is 20.5. The van der Waals surface area contributed by atoms with Gasteiger partial charge in [0.25, 0.3) is 0 Å². The first-order chi connectivity index (χ1) is 13.8. The third-order valence-corrected chi connectivity index (χ3v) is 4.13. The highest BCUT2D eigenvalue weighted by molar-refractivity contribution is 5.94. The largest absolute Gasteiger partial charge is 0.573 e. The number of nitrogens with one attached hydrogen (secondary N) is 2. The minimum absolute atomic E-state index is 0.338. The molecule has 3 rings (SSSR count). The van der Waals surface area contributed by atoms with Crippen molar-refractivity contribution in [1.29, 1.82) is 0 Å². The van der Waals surface area contributed by atoms with Crippen LogP contribution in [0.15, 0.2) is 77.4 Å². The van der Waals surface area contributed by atoms with E-state index in [-0.39, 0.29) is 17.7 Å². The summed E-state index contributed by atoms with van der Waals surface area (Å²) >= 11 is 0. The topological polar surface area (TPSA) is 63.5 Å². The zero-order valence-corrected chi connectivity index (χ0v) is 15.4. The Bertz CT molecular complexity index is 911. The third kappa shape index (κ3) is 5.86. The van der Waals surface area contributed by atoms with Gasteiger partial charge in [-0.3, -0.25) is 10.1 Å². The van der Waals surface area contributed by atoms with Crippen LogP contribution in [-0.2, 0) is 4.79 Å². The molecule has 0 spiro atoms. The number of rotatable bonds is 7. The third-order valence-electron chi connectivity index (χ3n) is 4.13. The van der Waals surface area contributed by atoms with Crippen molar-refractivity contribution in [3.05, 3.63) is 84.3 Å². The second kappa shape index (κ2) is 8.83. The Morgan fingerprint density at radius 1 is 1.00 bits per heavy atom. The smallest absolute Gasteiger partial charge is 0.467 e. The van der Waals surface area contributed by atoms with E-state index in [9.17, 15) is 18.0 Å². The highest BCUT2D eigenvalue weighted by Crippen LogP contribution is 2.25. The van der Waals surface area contributed by atoms with Gasteiger partial charge in [-0.05, 0) is 48.9 Å². The van der Waals surface area contributed by atoms with Gasteiger partial charge in [0.1, 0.15) is 11.5 Å². The number of furan rings is 1. The predicted octanol–water partition coefficient (Wildman–Crippen LogP) is 4.88. The van der Waals surface area contributed by atoms with Crippen LogP contribution >= 0.6 is 0 Å². The van der Waals surface area contributed by atoms with Crippen LogP contribution in [0.2, 0.25) is 0 Å². The van der Waals surface area contributed by atoms with Crippen LogP contribution in [0, 0.1) is 0 Å². The van der Waals surface area contributed by atoms with Gasteiger partial charge in [-0.25, -0.2) is 0 Å². The van der Waals surface area contributed by atoms with Crippen molar-refractivity contribution in [2.24, 2.45) is 0 Å². The van der Waals surface area contributed by atoms with E-state index in [1.54, 1.807) is 19.3 Å². The number of carbonyl (C=O) groups excluding carboxylic acids is 1. The maximum Gasteiger partial charge on any atom is 0.573 e. The molecule has 0 aliphatic rings. The van der Waals surface area contributed by atoms with Crippen molar-refractivity contribution in [2.45, 2.75) is 25.4 Å². The number of alkyl halides is 3. The minimum Gasteiger partial charge on any atom is -0.467 e. The Balaban J connectivity index is 1.66. The van der Waals surface area contributed by atoms with E-state index in [0.29, 0.717) is 11.4 Å². The van der Waals surface area contributed by atoms with Gasteiger partial charge in [-0.2, -0.15) is 0 Å². The normalized spacial score (nSPS) is 13.5. The second-order valence-corrected chi connectivity index (χ2v) is 6.31. The summed E-state index contributed by atoms with van der Waals surface area (Å²) in [5.41, 5.74) is 1.28. The number of benzene rings is 2. The molecule has 1 aromatic heterocycles. The molecule has 0 saturated carbocycles. The SMILES string of the molecule is C[C@H](N[C@@H](c1ccccc1)c1ccco1)C(=O)Nc1ccc(OC(F)(F)F)cc1. The lowest BCUT2D eigenvalue weighted by Gasteiger charge is -2.22. The molecule has 1 heterocycles. The lowest BCUT2D eigenvalue weighted by Crippen LogP contribution is -2.40. The van der Waals surface area contributed by atoms with Crippen LogP contribution in [0.4, 0.5) is 18.9 Å². The van der Waals surface area contributed by atoms with Gasteiger partial charge in [0.05, 0.1) is 18.3 Å².